The van der Waals surface area contributed by atoms with Gasteiger partial charge in [-0.1, -0.05) is 0 Å². The maximum Gasteiger partial charge on any atom is 0.241 e. The summed E-state index contributed by atoms with van der Waals surface area (Å²) < 4.78 is 39.8. The van der Waals surface area contributed by atoms with Crippen LogP contribution in [0, 0.1) is 17.5 Å². The Kier molecular flexibility index (Phi) is 3.28. The normalized spacial score (nSPS) is 14.7. The summed E-state index contributed by atoms with van der Waals surface area (Å²) in [6, 6.07) is 0.932. The van der Waals surface area contributed by atoms with Gasteiger partial charge >= 0.3 is 0 Å². The molecule has 1 aromatic rings. The molecule has 0 spiro atoms. The number of hydrogen-bond donors (Lipinski definition) is 0. The first kappa shape index (κ1) is 12.2. The zero-order chi connectivity index (χ0) is 12.6. The van der Waals surface area contributed by atoms with Crippen LogP contribution in [0.15, 0.2) is 6.07 Å². The highest BCUT2D eigenvalue weighted by atomic mass is 35.5. The highest BCUT2D eigenvalue weighted by Crippen LogP contribution is 2.33. The molecule has 0 bridgehead atoms. The van der Waals surface area contributed by atoms with E-state index in [1.165, 1.54) is 0 Å². The first-order valence-electron chi connectivity index (χ1n) is 5.09. The standard InChI is InChI=1S/C11H9ClF3NO/c12-5-8(17)16-3-1-2-6-4-7(13)9(14)10(15)11(6)16/h4H,1-3,5H2. The minimum atomic E-state index is -1.56. The maximum absolute atomic E-state index is 13.6. The fourth-order valence-corrected chi connectivity index (χ4v) is 2.12. The average molecular weight is 264 g/mol. The SMILES string of the molecule is O=C(CCl)N1CCCc2cc(F)c(F)c(F)c21. The molecule has 2 nitrogen and oxygen atoms in total. The lowest BCUT2D eigenvalue weighted by Crippen LogP contribution is -2.37. The molecular formula is C11H9ClF3NO. The number of nitrogens with zero attached hydrogens (tertiary/aromatic N) is 1. The third-order valence-electron chi connectivity index (χ3n) is 2.73. The molecule has 1 amide bonds. The molecule has 0 unspecified atom stereocenters. The first-order chi connectivity index (χ1) is 8.06. The number of halogens is 4. The van der Waals surface area contributed by atoms with Gasteiger partial charge in [0, 0.05) is 6.54 Å². The summed E-state index contributed by atoms with van der Waals surface area (Å²) in [6.07, 6.45) is 0.982. The fourth-order valence-electron chi connectivity index (χ4n) is 1.98. The number of anilines is 1. The summed E-state index contributed by atoms with van der Waals surface area (Å²) in [6.45, 7) is 0.264. The zero-order valence-electron chi connectivity index (χ0n) is 8.77. The van der Waals surface area contributed by atoms with E-state index in [9.17, 15) is 18.0 Å². The number of carbonyl (C=O) groups is 1. The molecule has 0 radical (unpaired) electrons. The Labute approximate surface area is 101 Å². The van der Waals surface area contributed by atoms with E-state index in [-0.39, 0.29) is 18.1 Å². The topological polar surface area (TPSA) is 20.3 Å². The van der Waals surface area contributed by atoms with Crippen molar-refractivity contribution in [3.05, 3.63) is 29.1 Å². The van der Waals surface area contributed by atoms with Gasteiger partial charge in [0.25, 0.3) is 0 Å². The Balaban J connectivity index is 2.57. The number of amides is 1. The predicted octanol–water partition coefficient (Wildman–Crippen LogP) is 2.62. The van der Waals surface area contributed by atoms with E-state index < -0.39 is 23.4 Å². The minimum Gasteiger partial charge on any atom is -0.308 e. The lowest BCUT2D eigenvalue weighted by molar-refractivity contribution is -0.116. The fraction of sp³-hybridized carbons (Fsp3) is 0.364. The molecule has 1 aliphatic heterocycles. The molecule has 17 heavy (non-hydrogen) atoms. The third kappa shape index (κ3) is 1.99. The van der Waals surface area contributed by atoms with E-state index in [1.807, 2.05) is 0 Å². The van der Waals surface area contributed by atoms with E-state index >= 15 is 0 Å². The van der Waals surface area contributed by atoms with E-state index in [2.05, 4.69) is 0 Å². The minimum absolute atomic E-state index is 0.180. The van der Waals surface area contributed by atoms with Crippen molar-refractivity contribution >= 4 is 23.2 Å². The van der Waals surface area contributed by atoms with Crippen molar-refractivity contribution in [3.8, 4) is 0 Å². The zero-order valence-corrected chi connectivity index (χ0v) is 9.53. The highest BCUT2D eigenvalue weighted by Gasteiger charge is 2.28. The van der Waals surface area contributed by atoms with Crippen LogP contribution in [0.25, 0.3) is 0 Å². The van der Waals surface area contributed by atoms with Gasteiger partial charge in [0.05, 0.1) is 5.69 Å². The lowest BCUT2D eigenvalue weighted by Gasteiger charge is -2.29. The number of benzene rings is 1. The summed E-state index contributed by atoms with van der Waals surface area (Å²) in [4.78, 5) is 12.6. The van der Waals surface area contributed by atoms with E-state index in [4.69, 9.17) is 11.6 Å². The van der Waals surface area contributed by atoms with Crippen molar-refractivity contribution in [1.29, 1.82) is 0 Å². The van der Waals surface area contributed by atoms with Gasteiger partial charge in [0.1, 0.15) is 5.88 Å². The van der Waals surface area contributed by atoms with E-state index in [0.29, 0.717) is 18.4 Å². The molecule has 0 fully saturated rings. The monoisotopic (exact) mass is 263 g/mol. The molecule has 1 aliphatic rings. The molecule has 1 heterocycles. The van der Waals surface area contributed by atoms with E-state index in [1.54, 1.807) is 0 Å². The molecule has 0 aliphatic carbocycles. The van der Waals surface area contributed by atoms with E-state index in [0.717, 1.165) is 11.0 Å². The third-order valence-corrected chi connectivity index (χ3v) is 2.96. The van der Waals surface area contributed by atoms with Crippen molar-refractivity contribution in [2.24, 2.45) is 0 Å². The molecule has 2 rings (SSSR count). The van der Waals surface area contributed by atoms with Crippen LogP contribution in [0.1, 0.15) is 12.0 Å². The Morgan fingerprint density at radius 1 is 1.35 bits per heavy atom. The largest absolute Gasteiger partial charge is 0.308 e. The Bertz CT molecular complexity index is 478. The van der Waals surface area contributed by atoms with Crippen molar-refractivity contribution in [2.45, 2.75) is 12.8 Å². The van der Waals surface area contributed by atoms with Crippen LogP contribution < -0.4 is 4.90 Å². The van der Waals surface area contributed by atoms with Gasteiger partial charge in [-0.2, -0.15) is 0 Å². The molecular weight excluding hydrogens is 255 g/mol. The number of carbonyl (C=O) groups excluding carboxylic acids is 1. The molecule has 92 valence electrons. The summed E-state index contributed by atoms with van der Waals surface area (Å²) in [5.41, 5.74) is 0.118. The Morgan fingerprint density at radius 2 is 2.06 bits per heavy atom. The van der Waals surface area contributed by atoms with Crippen LogP contribution in [0.2, 0.25) is 0 Å². The Morgan fingerprint density at radius 3 is 2.71 bits per heavy atom. The lowest BCUT2D eigenvalue weighted by atomic mass is 10.0. The van der Waals surface area contributed by atoms with Crippen LogP contribution in [0.5, 0.6) is 0 Å². The molecule has 0 aromatic heterocycles. The second-order valence-corrected chi connectivity index (χ2v) is 4.04. The van der Waals surface area contributed by atoms with Gasteiger partial charge in [-0.05, 0) is 24.5 Å². The predicted molar refractivity (Wildman–Crippen MR) is 57.7 cm³/mol. The van der Waals surface area contributed by atoms with Crippen molar-refractivity contribution in [1.82, 2.24) is 0 Å². The molecule has 6 heteroatoms. The van der Waals surface area contributed by atoms with Gasteiger partial charge < -0.3 is 4.90 Å². The summed E-state index contributed by atoms with van der Waals surface area (Å²) >= 11 is 5.39. The number of rotatable bonds is 1. The summed E-state index contributed by atoms with van der Waals surface area (Å²) in [5, 5.41) is 0. The second-order valence-electron chi connectivity index (χ2n) is 3.78. The second kappa shape index (κ2) is 4.56. The number of alkyl halides is 1. The van der Waals surface area contributed by atoms with Gasteiger partial charge in [0.15, 0.2) is 17.5 Å². The first-order valence-corrected chi connectivity index (χ1v) is 5.62. The maximum atomic E-state index is 13.6. The molecule has 0 atom stereocenters. The van der Waals surface area contributed by atoms with Crippen LogP contribution in [0.4, 0.5) is 18.9 Å². The molecule has 1 aromatic carbocycles. The van der Waals surface area contributed by atoms with Gasteiger partial charge in [-0.15, -0.1) is 11.6 Å². The summed E-state index contributed by atoms with van der Waals surface area (Å²) in [5.74, 6) is -4.95. The van der Waals surface area contributed by atoms with Crippen LogP contribution in [-0.2, 0) is 11.2 Å². The van der Waals surface area contributed by atoms with Crippen molar-refractivity contribution in [2.75, 3.05) is 17.3 Å². The van der Waals surface area contributed by atoms with Crippen molar-refractivity contribution < 1.29 is 18.0 Å². The average Bonchev–Trinajstić information content (AvgIpc) is 2.34. The van der Waals surface area contributed by atoms with Crippen molar-refractivity contribution in [3.63, 3.8) is 0 Å². The molecule has 0 saturated carbocycles. The van der Waals surface area contributed by atoms with Crippen LogP contribution in [0.3, 0.4) is 0 Å². The number of aryl methyl sites for hydroxylation is 1. The van der Waals surface area contributed by atoms with Gasteiger partial charge in [-0.3, -0.25) is 4.79 Å². The van der Waals surface area contributed by atoms with Gasteiger partial charge in [-0.25, -0.2) is 13.2 Å². The number of hydrogen-bond acceptors (Lipinski definition) is 1. The number of fused-ring (bicyclic) bond motifs is 1. The van der Waals surface area contributed by atoms with Crippen LogP contribution >= 0.6 is 11.6 Å². The molecule has 0 N–H and O–H groups in total. The quantitative estimate of drug-likeness (QED) is 0.563. The Hall–Kier alpha value is -1.23. The summed E-state index contributed by atoms with van der Waals surface area (Å²) in [7, 11) is 0. The van der Waals surface area contributed by atoms with Crippen LogP contribution in [-0.4, -0.2) is 18.3 Å². The van der Waals surface area contributed by atoms with Gasteiger partial charge in [0.2, 0.25) is 5.91 Å². The highest BCUT2D eigenvalue weighted by molar-refractivity contribution is 6.29. The molecule has 0 saturated heterocycles. The smallest absolute Gasteiger partial charge is 0.241 e.